The van der Waals surface area contributed by atoms with Crippen molar-refractivity contribution in [3.05, 3.63) is 46.8 Å². The zero-order valence-electron chi connectivity index (χ0n) is 12.0. The molecular formula is C17H23NS. The molecule has 0 aliphatic carbocycles. The summed E-state index contributed by atoms with van der Waals surface area (Å²) in [7, 11) is 0. The van der Waals surface area contributed by atoms with Crippen LogP contribution >= 0.6 is 11.3 Å². The summed E-state index contributed by atoms with van der Waals surface area (Å²) in [5.41, 5.74) is 8.89. The number of hydrogen-bond acceptors (Lipinski definition) is 2. The van der Waals surface area contributed by atoms with Gasteiger partial charge in [-0.15, -0.1) is 11.3 Å². The number of rotatable bonds is 5. The standard InChI is InChI=1S/C17H23NS/c1-4-6-15(18)17-10-9-16(19-17)14-8-5-7-13(11-14)12(2)3/h5,7-12,15H,4,6,18H2,1-3H3. The van der Waals surface area contributed by atoms with Gasteiger partial charge in [-0.2, -0.15) is 0 Å². The Kier molecular flexibility index (Phi) is 4.78. The van der Waals surface area contributed by atoms with Gasteiger partial charge in [0.05, 0.1) is 0 Å². The summed E-state index contributed by atoms with van der Waals surface area (Å²) in [6, 6.07) is 13.4. The molecule has 0 saturated carbocycles. The minimum Gasteiger partial charge on any atom is -0.323 e. The first-order chi connectivity index (χ1) is 9.11. The van der Waals surface area contributed by atoms with Crippen molar-refractivity contribution in [2.75, 3.05) is 0 Å². The van der Waals surface area contributed by atoms with Crippen LogP contribution in [0.1, 0.15) is 56.0 Å². The topological polar surface area (TPSA) is 26.0 Å². The molecule has 1 aromatic heterocycles. The van der Waals surface area contributed by atoms with Gasteiger partial charge in [0, 0.05) is 15.8 Å². The number of nitrogens with two attached hydrogens (primary N) is 1. The predicted molar refractivity (Wildman–Crippen MR) is 85.7 cm³/mol. The van der Waals surface area contributed by atoms with Gasteiger partial charge in [-0.3, -0.25) is 0 Å². The molecule has 2 heteroatoms. The molecule has 2 N–H and O–H groups in total. The maximum atomic E-state index is 6.19. The van der Waals surface area contributed by atoms with E-state index in [-0.39, 0.29) is 6.04 Å². The van der Waals surface area contributed by atoms with Crippen LogP contribution < -0.4 is 5.73 Å². The molecule has 2 aromatic rings. The summed E-state index contributed by atoms with van der Waals surface area (Å²) >= 11 is 1.83. The summed E-state index contributed by atoms with van der Waals surface area (Å²) in [4.78, 5) is 2.62. The summed E-state index contributed by atoms with van der Waals surface area (Å²) in [5.74, 6) is 0.571. The lowest BCUT2D eigenvalue weighted by molar-refractivity contribution is 0.648. The normalized spacial score (nSPS) is 12.9. The molecule has 2 rings (SSSR count). The SMILES string of the molecule is CCCC(N)c1ccc(-c2cccc(C(C)C)c2)s1. The van der Waals surface area contributed by atoms with Crippen molar-refractivity contribution < 1.29 is 0 Å². The van der Waals surface area contributed by atoms with Crippen LogP contribution in [0.4, 0.5) is 0 Å². The van der Waals surface area contributed by atoms with Gasteiger partial charge in [0.1, 0.15) is 0 Å². The maximum Gasteiger partial charge on any atom is 0.0389 e. The Balaban J connectivity index is 2.25. The van der Waals surface area contributed by atoms with Crippen molar-refractivity contribution in [1.29, 1.82) is 0 Å². The lowest BCUT2D eigenvalue weighted by Gasteiger charge is -2.08. The molecule has 0 radical (unpaired) electrons. The minimum atomic E-state index is 0.192. The second kappa shape index (κ2) is 6.36. The molecule has 0 aliphatic heterocycles. The highest BCUT2D eigenvalue weighted by atomic mass is 32.1. The van der Waals surface area contributed by atoms with Crippen molar-refractivity contribution in [2.45, 2.75) is 45.6 Å². The number of benzene rings is 1. The monoisotopic (exact) mass is 273 g/mol. The Morgan fingerprint density at radius 1 is 1.16 bits per heavy atom. The van der Waals surface area contributed by atoms with Gasteiger partial charge in [0.15, 0.2) is 0 Å². The molecule has 0 aliphatic rings. The van der Waals surface area contributed by atoms with Crippen LogP contribution in [0, 0.1) is 0 Å². The highest BCUT2D eigenvalue weighted by molar-refractivity contribution is 7.15. The Bertz CT molecular complexity index is 528. The Hall–Kier alpha value is -1.12. The van der Waals surface area contributed by atoms with Crippen molar-refractivity contribution >= 4 is 11.3 Å². The van der Waals surface area contributed by atoms with Crippen LogP contribution in [-0.2, 0) is 0 Å². The molecule has 0 fully saturated rings. The molecule has 1 atom stereocenters. The summed E-state index contributed by atoms with van der Waals surface area (Å²) in [6.45, 7) is 6.65. The van der Waals surface area contributed by atoms with Crippen LogP contribution in [0.25, 0.3) is 10.4 Å². The Morgan fingerprint density at radius 2 is 1.95 bits per heavy atom. The fraction of sp³-hybridized carbons (Fsp3) is 0.412. The predicted octanol–water partition coefficient (Wildman–Crippen LogP) is 5.34. The van der Waals surface area contributed by atoms with E-state index < -0.39 is 0 Å². The third kappa shape index (κ3) is 3.46. The van der Waals surface area contributed by atoms with E-state index in [9.17, 15) is 0 Å². The Labute approximate surface area is 120 Å². The largest absolute Gasteiger partial charge is 0.323 e. The Morgan fingerprint density at radius 3 is 2.63 bits per heavy atom. The van der Waals surface area contributed by atoms with Crippen LogP contribution in [0.3, 0.4) is 0 Å². The molecule has 19 heavy (non-hydrogen) atoms. The summed E-state index contributed by atoms with van der Waals surface area (Å²) in [5, 5.41) is 0. The van der Waals surface area contributed by atoms with Crippen LogP contribution in [0.2, 0.25) is 0 Å². The molecular weight excluding hydrogens is 250 g/mol. The molecule has 0 saturated heterocycles. The van der Waals surface area contributed by atoms with Crippen LogP contribution in [0.15, 0.2) is 36.4 Å². The molecule has 0 spiro atoms. The quantitative estimate of drug-likeness (QED) is 0.782. The van der Waals surface area contributed by atoms with E-state index in [1.54, 1.807) is 0 Å². The van der Waals surface area contributed by atoms with E-state index in [0.717, 1.165) is 12.8 Å². The lowest BCUT2D eigenvalue weighted by Crippen LogP contribution is -2.07. The highest BCUT2D eigenvalue weighted by Gasteiger charge is 2.10. The second-order valence-corrected chi connectivity index (χ2v) is 6.49. The van der Waals surface area contributed by atoms with Gasteiger partial charge in [-0.05, 0) is 35.6 Å². The number of hydrogen-bond donors (Lipinski definition) is 1. The van der Waals surface area contributed by atoms with Gasteiger partial charge in [0.2, 0.25) is 0 Å². The number of thiophene rings is 1. The second-order valence-electron chi connectivity index (χ2n) is 5.38. The van der Waals surface area contributed by atoms with Gasteiger partial charge in [0.25, 0.3) is 0 Å². The van der Waals surface area contributed by atoms with Crippen LogP contribution in [-0.4, -0.2) is 0 Å². The molecule has 1 heterocycles. The third-order valence-electron chi connectivity index (χ3n) is 3.43. The molecule has 1 nitrogen and oxygen atoms in total. The summed E-state index contributed by atoms with van der Waals surface area (Å²) in [6.07, 6.45) is 2.20. The highest BCUT2D eigenvalue weighted by Crippen LogP contribution is 2.33. The van der Waals surface area contributed by atoms with E-state index in [1.807, 2.05) is 11.3 Å². The van der Waals surface area contributed by atoms with Crippen molar-refractivity contribution in [3.63, 3.8) is 0 Å². The fourth-order valence-electron chi connectivity index (χ4n) is 2.21. The molecule has 1 unspecified atom stereocenters. The average Bonchev–Trinajstić information content (AvgIpc) is 2.89. The van der Waals surface area contributed by atoms with E-state index >= 15 is 0 Å². The van der Waals surface area contributed by atoms with E-state index in [0.29, 0.717) is 5.92 Å². The summed E-state index contributed by atoms with van der Waals surface area (Å²) < 4.78 is 0. The minimum absolute atomic E-state index is 0.192. The van der Waals surface area contributed by atoms with Crippen molar-refractivity contribution in [1.82, 2.24) is 0 Å². The first-order valence-corrected chi connectivity index (χ1v) is 7.89. The molecule has 0 bridgehead atoms. The molecule has 1 aromatic carbocycles. The smallest absolute Gasteiger partial charge is 0.0389 e. The molecule has 0 amide bonds. The lowest BCUT2D eigenvalue weighted by atomic mass is 10.0. The van der Waals surface area contributed by atoms with Gasteiger partial charge >= 0.3 is 0 Å². The first-order valence-electron chi connectivity index (χ1n) is 7.07. The van der Waals surface area contributed by atoms with Gasteiger partial charge < -0.3 is 5.73 Å². The zero-order chi connectivity index (χ0) is 13.8. The van der Waals surface area contributed by atoms with Crippen molar-refractivity contribution in [3.8, 4) is 10.4 Å². The van der Waals surface area contributed by atoms with Crippen LogP contribution in [0.5, 0.6) is 0 Å². The van der Waals surface area contributed by atoms with Gasteiger partial charge in [-0.25, -0.2) is 0 Å². The maximum absolute atomic E-state index is 6.19. The molecule has 102 valence electrons. The zero-order valence-corrected chi connectivity index (χ0v) is 12.8. The van der Waals surface area contributed by atoms with E-state index in [4.69, 9.17) is 5.73 Å². The third-order valence-corrected chi connectivity index (χ3v) is 4.70. The van der Waals surface area contributed by atoms with Crippen molar-refractivity contribution in [2.24, 2.45) is 5.73 Å². The van der Waals surface area contributed by atoms with E-state index in [1.165, 1.54) is 20.9 Å². The first kappa shape index (κ1) is 14.3. The fourth-order valence-corrected chi connectivity index (χ4v) is 3.25. The average molecular weight is 273 g/mol. The van der Waals surface area contributed by atoms with E-state index in [2.05, 4.69) is 57.2 Å². The van der Waals surface area contributed by atoms with Gasteiger partial charge in [-0.1, -0.05) is 51.5 Å².